The molecular formula is C13H21NO2. The van der Waals surface area contributed by atoms with Crippen LogP contribution in [0.2, 0.25) is 0 Å². The third-order valence-corrected chi connectivity index (χ3v) is 2.64. The molecule has 1 aromatic carbocycles. The Morgan fingerprint density at radius 1 is 1.38 bits per heavy atom. The average Bonchev–Trinajstić information content (AvgIpc) is 2.24. The molecular weight excluding hydrogens is 202 g/mol. The summed E-state index contributed by atoms with van der Waals surface area (Å²) in [6.45, 7) is 6.41. The second-order valence-electron chi connectivity index (χ2n) is 4.98. The van der Waals surface area contributed by atoms with Crippen molar-refractivity contribution in [2.24, 2.45) is 5.41 Å². The van der Waals surface area contributed by atoms with E-state index in [-0.39, 0.29) is 18.1 Å². The van der Waals surface area contributed by atoms with Crippen LogP contribution in [0.4, 0.5) is 5.69 Å². The van der Waals surface area contributed by atoms with E-state index >= 15 is 0 Å². The number of nitrogens with one attached hydrogen (secondary N) is 1. The number of anilines is 1. The molecule has 2 N–H and O–H groups in total. The number of aliphatic hydroxyl groups is 1. The van der Waals surface area contributed by atoms with Crippen molar-refractivity contribution in [2.75, 3.05) is 19.0 Å². The Kier molecular flexibility index (Phi) is 4.19. The number of aliphatic hydroxyl groups excluding tert-OH is 1. The number of rotatable bonds is 4. The van der Waals surface area contributed by atoms with Crippen LogP contribution in [-0.2, 0) is 0 Å². The second kappa shape index (κ2) is 5.21. The number of methoxy groups -OCH3 is 1. The van der Waals surface area contributed by atoms with Gasteiger partial charge in [0, 0.05) is 11.8 Å². The van der Waals surface area contributed by atoms with Gasteiger partial charge in [0.05, 0.1) is 19.8 Å². The molecule has 0 amide bonds. The van der Waals surface area contributed by atoms with Crippen LogP contribution in [0.25, 0.3) is 0 Å². The maximum atomic E-state index is 9.36. The lowest BCUT2D eigenvalue weighted by molar-refractivity contribution is 0.202. The maximum Gasteiger partial charge on any atom is 0.120 e. The molecule has 0 fully saturated rings. The highest BCUT2D eigenvalue weighted by Gasteiger charge is 2.23. The minimum Gasteiger partial charge on any atom is -0.497 e. The summed E-state index contributed by atoms with van der Waals surface area (Å²) in [6.07, 6.45) is 0. The summed E-state index contributed by atoms with van der Waals surface area (Å²) >= 11 is 0. The molecule has 0 bridgehead atoms. The summed E-state index contributed by atoms with van der Waals surface area (Å²) in [5.74, 6) is 0.815. The highest BCUT2D eigenvalue weighted by atomic mass is 16.5. The maximum absolute atomic E-state index is 9.36. The molecule has 0 aromatic heterocycles. The van der Waals surface area contributed by atoms with E-state index in [4.69, 9.17) is 4.74 Å². The van der Waals surface area contributed by atoms with Gasteiger partial charge in [0.2, 0.25) is 0 Å². The minimum atomic E-state index is 0.0117. The first kappa shape index (κ1) is 12.8. The molecule has 0 spiro atoms. The van der Waals surface area contributed by atoms with Crippen molar-refractivity contribution in [3.8, 4) is 5.75 Å². The first-order valence-electron chi connectivity index (χ1n) is 5.49. The van der Waals surface area contributed by atoms with Crippen LogP contribution < -0.4 is 10.1 Å². The van der Waals surface area contributed by atoms with Crippen molar-refractivity contribution < 1.29 is 9.84 Å². The van der Waals surface area contributed by atoms with Gasteiger partial charge in [0.15, 0.2) is 0 Å². The summed E-state index contributed by atoms with van der Waals surface area (Å²) in [5.41, 5.74) is 0.978. The van der Waals surface area contributed by atoms with Crippen molar-refractivity contribution >= 4 is 5.69 Å². The molecule has 0 aliphatic rings. The van der Waals surface area contributed by atoms with Gasteiger partial charge in [-0.15, -0.1) is 0 Å². The molecule has 0 radical (unpaired) electrons. The van der Waals surface area contributed by atoms with Gasteiger partial charge in [-0.2, -0.15) is 0 Å². The van der Waals surface area contributed by atoms with E-state index in [1.165, 1.54) is 0 Å². The molecule has 1 atom stereocenters. The SMILES string of the molecule is COc1cccc(NC(CO)C(C)(C)C)c1. The van der Waals surface area contributed by atoms with Crippen molar-refractivity contribution in [3.63, 3.8) is 0 Å². The molecule has 0 aliphatic heterocycles. The zero-order chi connectivity index (χ0) is 12.2. The van der Waals surface area contributed by atoms with E-state index in [1.54, 1.807) is 7.11 Å². The van der Waals surface area contributed by atoms with E-state index in [1.807, 2.05) is 24.3 Å². The average molecular weight is 223 g/mol. The number of hydrogen-bond donors (Lipinski definition) is 2. The van der Waals surface area contributed by atoms with Gasteiger partial charge in [0.25, 0.3) is 0 Å². The first-order valence-corrected chi connectivity index (χ1v) is 5.49. The predicted molar refractivity (Wildman–Crippen MR) is 66.9 cm³/mol. The van der Waals surface area contributed by atoms with Crippen molar-refractivity contribution in [1.29, 1.82) is 0 Å². The summed E-state index contributed by atoms with van der Waals surface area (Å²) in [7, 11) is 1.65. The summed E-state index contributed by atoms with van der Waals surface area (Å²) in [5, 5.41) is 12.7. The molecule has 3 heteroatoms. The Morgan fingerprint density at radius 3 is 2.56 bits per heavy atom. The highest BCUT2D eigenvalue weighted by Crippen LogP contribution is 2.24. The van der Waals surface area contributed by atoms with Gasteiger partial charge in [0.1, 0.15) is 5.75 Å². The largest absolute Gasteiger partial charge is 0.497 e. The van der Waals surface area contributed by atoms with Crippen LogP contribution >= 0.6 is 0 Å². The van der Waals surface area contributed by atoms with Crippen LogP contribution in [-0.4, -0.2) is 24.9 Å². The van der Waals surface area contributed by atoms with E-state index in [9.17, 15) is 5.11 Å². The summed E-state index contributed by atoms with van der Waals surface area (Å²) < 4.78 is 5.15. The van der Waals surface area contributed by atoms with E-state index in [0.29, 0.717) is 0 Å². The van der Waals surface area contributed by atoms with Crippen molar-refractivity contribution in [2.45, 2.75) is 26.8 Å². The lowest BCUT2D eigenvalue weighted by Crippen LogP contribution is -2.37. The molecule has 1 unspecified atom stereocenters. The zero-order valence-corrected chi connectivity index (χ0v) is 10.4. The fourth-order valence-electron chi connectivity index (χ4n) is 1.45. The number of hydrogen-bond acceptors (Lipinski definition) is 3. The van der Waals surface area contributed by atoms with E-state index < -0.39 is 0 Å². The van der Waals surface area contributed by atoms with E-state index in [2.05, 4.69) is 26.1 Å². The van der Waals surface area contributed by atoms with Gasteiger partial charge in [-0.3, -0.25) is 0 Å². The molecule has 0 heterocycles. The van der Waals surface area contributed by atoms with Gasteiger partial charge in [-0.1, -0.05) is 26.8 Å². The fourth-order valence-corrected chi connectivity index (χ4v) is 1.45. The van der Waals surface area contributed by atoms with Crippen LogP contribution in [0.3, 0.4) is 0 Å². The molecule has 3 nitrogen and oxygen atoms in total. The first-order chi connectivity index (χ1) is 7.47. The third-order valence-electron chi connectivity index (χ3n) is 2.64. The molecule has 0 saturated carbocycles. The monoisotopic (exact) mass is 223 g/mol. The van der Waals surface area contributed by atoms with E-state index in [0.717, 1.165) is 11.4 Å². The number of ether oxygens (including phenoxy) is 1. The Morgan fingerprint density at radius 2 is 2.06 bits per heavy atom. The van der Waals surface area contributed by atoms with Crippen LogP contribution in [0, 0.1) is 5.41 Å². The normalized spacial score (nSPS) is 13.3. The van der Waals surface area contributed by atoms with Crippen LogP contribution in [0.15, 0.2) is 24.3 Å². The van der Waals surface area contributed by atoms with Crippen LogP contribution in [0.1, 0.15) is 20.8 Å². The lowest BCUT2D eigenvalue weighted by atomic mass is 9.87. The molecule has 16 heavy (non-hydrogen) atoms. The van der Waals surface area contributed by atoms with Crippen LogP contribution in [0.5, 0.6) is 5.75 Å². The molecule has 90 valence electrons. The minimum absolute atomic E-state index is 0.0117. The number of benzene rings is 1. The summed E-state index contributed by atoms with van der Waals surface area (Å²) in [4.78, 5) is 0. The quantitative estimate of drug-likeness (QED) is 0.824. The molecule has 0 saturated heterocycles. The van der Waals surface area contributed by atoms with Gasteiger partial charge in [-0.25, -0.2) is 0 Å². The van der Waals surface area contributed by atoms with Gasteiger partial charge < -0.3 is 15.2 Å². The second-order valence-corrected chi connectivity index (χ2v) is 4.98. The molecule has 1 aromatic rings. The highest BCUT2D eigenvalue weighted by molar-refractivity contribution is 5.49. The Hall–Kier alpha value is -1.22. The Bertz CT molecular complexity index is 331. The smallest absolute Gasteiger partial charge is 0.120 e. The zero-order valence-electron chi connectivity index (χ0n) is 10.4. The Balaban J connectivity index is 2.78. The topological polar surface area (TPSA) is 41.5 Å². The van der Waals surface area contributed by atoms with Gasteiger partial charge >= 0.3 is 0 Å². The molecule has 0 aliphatic carbocycles. The lowest BCUT2D eigenvalue weighted by Gasteiger charge is -2.30. The summed E-state index contributed by atoms with van der Waals surface area (Å²) in [6, 6.07) is 7.75. The molecule has 1 rings (SSSR count). The fraction of sp³-hybridized carbons (Fsp3) is 0.538. The van der Waals surface area contributed by atoms with Crippen molar-refractivity contribution in [3.05, 3.63) is 24.3 Å². The predicted octanol–water partition coefficient (Wildman–Crippen LogP) is 2.51. The third kappa shape index (κ3) is 3.42. The van der Waals surface area contributed by atoms with Crippen molar-refractivity contribution in [1.82, 2.24) is 0 Å². The Labute approximate surface area is 97.4 Å². The van der Waals surface area contributed by atoms with Gasteiger partial charge in [-0.05, 0) is 17.5 Å². The standard InChI is InChI=1S/C13H21NO2/c1-13(2,3)12(9-15)14-10-6-5-7-11(8-10)16-4/h5-8,12,14-15H,9H2,1-4H3.